The lowest BCUT2D eigenvalue weighted by Gasteiger charge is -2.14. The van der Waals surface area contributed by atoms with Crippen molar-refractivity contribution in [2.45, 2.75) is 6.04 Å². The largest absolute Gasteiger partial charge is 0.320 e. The summed E-state index contributed by atoms with van der Waals surface area (Å²) in [5, 5.41) is 0. The second kappa shape index (κ2) is 5.30. The van der Waals surface area contributed by atoms with Crippen molar-refractivity contribution < 1.29 is 17.6 Å². The Kier molecular flexibility index (Phi) is 3.91. The van der Waals surface area contributed by atoms with Gasteiger partial charge in [-0.1, -0.05) is 12.1 Å². The predicted octanol–water partition coefficient (Wildman–Crippen LogP) is 4.05. The second-order valence-electron chi connectivity index (χ2n) is 3.92. The summed E-state index contributed by atoms with van der Waals surface area (Å²) < 4.78 is 52.8. The van der Waals surface area contributed by atoms with Crippen LogP contribution in [-0.2, 0) is 0 Å². The fourth-order valence-electron chi connectivity index (χ4n) is 1.67. The molecule has 2 rings (SSSR count). The molecule has 0 aliphatic carbocycles. The molecule has 1 atom stereocenters. The summed E-state index contributed by atoms with van der Waals surface area (Å²) in [6.45, 7) is 0. The highest BCUT2D eigenvalue weighted by Gasteiger charge is 2.20. The summed E-state index contributed by atoms with van der Waals surface area (Å²) in [4.78, 5) is 0. The van der Waals surface area contributed by atoms with E-state index >= 15 is 0 Å². The summed E-state index contributed by atoms with van der Waals surface area (Å²) in [7, 11) is 0. The quantitative estimate of drug-likeness (QED) is 0.651. The van der Waals surface area contributed by atoms with E-state index in [1.165, 1.54) is 12.1 Å². The Morgan fingerprint density at radius 1 is 0.895 bits per heavy atom. The third-order valence-electron chi connectivity index (χ3n) is 2.70. The van der Waals surface area contributed by atoms with Crippen molar-refractivity contribution in [2.24, 2.45) is 5.73 Å². The van der Waals surface area contributed by atoms with Crippen LogP contribution >= 0.6 is 15.9 Å². The van der Waals surface area contributed by atoms with Gasteiger partial charge in [0, 0.05) is 5.56 Å². The van der Waals surface area contributed by atoms with Crippen LogP contribution in [0.15, 0.2) is 34.8 Å². The summed E-state index contributed by atoms with van der Waals surface area (Å²) in [5.41, 5.74) is 5.96. The highest BCUT2D eigenvalue weighted by molar-refractivity contribution is 9.10. The molecule has 2 N–H and O–H groups in total. The molecule has 2 aromatic carbocycles. The minimum Gasteiger partial charge on any atom is -0.320 e. The molecular weight excluding hydrogens is 326 g/mol. The fourth-order valence-corrected chi connectivity index (χ4v) is 2.06. The van der Waals surface area contributed by atoms with Crippen LogP contribution < -0.4 is 5.73 Å². The summed E-state index contributed by atoms with van der Waals surface area (Å²) >= 11 is 2.97. The zero-order chi connectivity index (χ0) is 14.2. The van der Waals surface area contributed by atoms with Crippen molar-refractivity contribution in [2.75, 3.05) is 0 Å². The monoisotopic (exact) mass is 333 g/mol. The van der Waals surface area contributed by atoms with Gasteiger partial charge in [0.25, 0.3) is 0 Å². The number of benzene rings is 2. The molecule has 0 aliphatic heterocycles. The van der Waals surface area contributed by atoms with E-state index in [2.05, 4.69) is 15.9 Å². The first-order chi connectivity index (χ1) is 8.91. The van der Waals surface area contributed by atoms with Gasteiger partial charge in [0.05, 0.1) is 10.5 Å². The average molecular weight is 334 g/mol. The molecule has 0 aliphatic rings. The third-order valence-corrected chi connectivity index (χ3v) is 3.31. The molecule has 1 unspecified atom stereocenters. The van der Waals surface area contributed by atoms with Crippen LogP contribution in [0.4, 0.5) is 17.6 Å². The molecule has 1 nitrogen and oxygen atoms in total. The summed E-state index contributed by atoms with van der Waals surface area (Å²) in [5.74, 6) is -4.70. The van der Waals surface area contributed by atoms with E-state index in [4.69, 9.17) is 5.73 Å². The van der Waals surface area contributed by atoms with E-state index in [0.29, 0.717) is 5.56 Å². The Morgan fingerprint density at radius 2 is 1.53 bits per heavy atom. The first kappa shape index (κ1) is 14.0. The van der Waals surface area contributed by atoms with Gasteiger partial charge in [-0.3, -0.25) is 0 Å². The molecule has 0 spiro atoms. The van der Waals surface area contributed by atoms with E-state index < -0.39 is 29.3 Å². The van der Waals surface area contributed by atoms with Crippen LogP contribution in [-0.4, -0.2) is 0 Å². The van der Waals surface area contributed by atoms with Crippen molar-refractivity contribution in [1.29, 1.82) is 0 Å². The zero-order valence-corrected chi connectivity index (χ0v) is 11.0. The summed E-state index contributed by atoms with van der Waals surface area (Å²) in [6, 6.07) is 4.71. The molecule has 0 aromatic heterocycles. The SMILES string of the molecule is NC(c1ccc(F)c(Br)c1)c1ccc(F)c(F)c1F. The van der Waals surface area contributed by atoms with Crippen LogP contribution in [0.3, 0.4) is 0 Å². The van der Waals surface area contributed by atoms with Crippen LogP contribution in [0.1, 0.15) is 17.2 Å². The smallest absolute Gasteiger partial charge is 0.194 e. The standard InChI is InChI=1S/C13H8BrF4N/c14-8-5-6(1-3-9(8)15)13(19)7-2-4-10(16)12(18)11(7)17/h1-5,13H,19H2. The van der Waals surface area contributed by atoms with Gasteiger partial charge in [0.15, 0.2) is 17.5 Å². The lowest BCUT2D eigenvalue weighted by Crippen LogP contribution is -2.15. The summed E-state index contributed by atoms with van der Waals surface area (Å²) in [6.07, 6.45) is 0. The first-order valence-corrected chi connectivity index (χ1v) is 6.05. The number of halogens is 5. The number of rotatable bonds is 2. The van der Waals surface area contributed by atoms with Crippen molar-refractivity contribution in [3.8, 4) is 0 Å². The maximum Gasteiger partial charge on any atom is 0.194 e. The van der Waals surface area contributed by atoms with Gasteiger partial charge in [-0.2, -0.15) is 0 Å². The Hall–Kier alpha value is -1.40. The van der Waals surface area contributed by atoms with Gasteiger partial charge >= 0.3 is 0 Å². The minimum absolute atomic E-state index is 0.156. The number of nitrogens with two attached hydrogens (primary N) is 1. The first-order valence-electron chi connectivity index (χ1n) is 5.25. The molecule has 100 valence electrons. The molecule has 6 heteroatoms. The molecule has 0 saturated heterocycles. The van der Waals surface area contributed by atoms with E-state index in [1.807, 2.05) is 0 Å². The minimum atomic E-state index is -1.57. The molecule has 2 aromatic rings. The number of hydrogen-bond donors (Lipinski definition) is 1. The molecule has 0 heterocycles. The van der Waals surface area contributed by atoms with Gasteiger partial charge in [-0.15, -0.1) is 0 Å². The van der Waals surface area contributed by atoms with E-state index in [-0.39, 0.29) is 10.0 Å². The predicted molar refractivity (Wildman–Crippen MR) is 66.4 cm³/mol. The zero-order valence-electron chi connectivity index (χ0n) is 9.43. The maximum atomic E-state index is 13.6. The molecule has 0 bridgehead atoms. The maximum absolute atomic E-state index is 13.6. The average Bonchev–Trinajstić information content (AvgIpc) is 2.39. The number of hydrogen-bond acceptors (Lipinski definition) is 1. The normalized spacial score (nSPS) is 12.5. The topological polar surface area (TPSA) is 26.0 Å². The van der Waals surface area contributed by atoms with Crippen LogP contribution in [0, 0.1) is 23.3 Å². The van der Waals surface area contributed by atoms with Crippen molar-refractivity contribution in [3.05, 3.63) is 69.2 Å². The molecule has 0 saturated carbocycles. The Morgan fingerprint density at radius 3 is 2.16 bits per heavy atom. The van der Waals surface area contributed by atoms with Crippen LogP contribution in [0.25, 0.3) is 0 Å². The van der Waals surface area contributed by atoms with Gasteiger partial charge < -0.3 is 5.73 Å². The fraction of sp³-hybridized carbons (Fsp3) is 0.0769. The Labute approximate surface area is 115 Å². The lowest BCUT2D eigenvalue weighted by molar-refractivity contribution is 0.438. The highest BCUT2D eigenvalue weighted by atomic mass is 79.9. The van der Waals surface area contributed by atoms with E-state index in [0.717, 1.165) is 18.2 Å². The van der Waals surface area contributed by atoms with Crippen LogP contribution in [0.5, 0.6) is 0 Å². The molecule has 0 amide bonds. The van der Waals surface area contributed by atoms with Crippen molar-refractivity contribution >= 4 is 15.9 Å². The van der Waals surface area contributed by atoms with Gasteiger partial charge in [-0.05, 0) is 39.7 Å². The molecule has 0 fully saturated rings. The molecular formula is C13H8BrF4N. The Bertz CT molecular complexity index is 630. The molecule has 0 radical (unpaired) electrons. The lowest BCUT2D eigenvalue weighted by atomic mass is 9.99. The van der Waals surface area contributed by atoms with Gasteiger partial charge in [0.2, 0.25) is 0 Å². The second-order valence-corrected chi connectivity index (χ2v) is 4.77. The van der Waals surface area contributed by atoms with Gasteiger partial charge in [0.1, 0.15) is 5.82 Å². The van der Waals surface area contributed by atoms with Gasteiger partial charge in [-0.25, -0.2) is 17.6 Å². The molecule has 19 heavy (non-hydrogen) atoms. The van der Waals surface area contributed by atoms with E-state index in [1.54, 1.807) is 0 Å². The van der Waals surface area contributed by atoms with Crippen molar-refractivity contribution in [1.82, 2.24) is 0 Å². The Balaban J connectivity index is 2.47. The van der Waals surface area contributed by atoms with Crippen LogP contribution in [0.2, 0.25) is 0 Å². The highest BCUT2D eigenvalue weighted by Crippen LogP contribution is 2.27. The van der Waals surface area contributed by atoms with Crippen molar-refractivity contribution in [3.63, 3.8) is 0 Å². The third kappa shape index (κ3) is 2.64. The van der Waals surface area contributed by atoms with E-state index in [9.17, 15) is 17.6 Å².